The van der Waals surface area contributed by atoms with Crippen molar-refractivity contribution in [1.29, 1.82) is 0 Å². The van der Waals surface area contributed by atoms with Gasteiger partial charge in [-0.2, -0.15) is 0 Å². The third-order valence-electron chi connectivity index (χ3n) is 4.21. The van der Waals surface area contributed by atoms with Gasteiger partial charge >= 0.3 is 0 Å². The van der Waals surface area contributed by atoms with Gasteiger partial charge in [-0.3, -0.25) is 9.59 Å². The van der Waals surface area contributed by atoms with Crippen molar-refractivity contribution in [2.75, 3.05) is 10.6 Å². The lowest BCUT2D eigenvalue weighted by Gasteiger charge is -2.16. The van der Waals surface area contributed by atoms with Crippen LogP contribution in [0.4, 0.5) is 11.4 Å². The molecule has 0 spiro atoms. The monoisotopic (exact) mass is 338 g/mol. The third kappa shape index (κ3) is 4.92. The Balaban J connectivity index is 2.19. The third-order valence-corrected chi connectivity index (χ3v) is 4.21. The number of aryl methyl sites for hydroxylation is 2. The molecule has 2 amide bonds. The average molecular weight is 338 g/mol. The van der Waals surface area contributed by atoms with Crippen LogP contribution in [0.1, 0.15) is 36.1 Å². The quantitative estimate of drug-likeness (QED) is 0.849. The van der Waals surface area contributed by atoms with E-state index < -0.39 is 0 Å². The highest BCUT2D eigenvalue weighted by molar-refractivity contribution is 5.95. The van der Waals surface area contributed by atoms with Gasteiger partial charge in [-0.25, -0.2) is 0 Å². The van der Waals surface area contributed by atoms with E-state index in [9.17, 15) is 9.59 Å². The Morgan fingerprint density at radius 1 is 0.960 bits per heavy atom. The second-order valence-electron chi connectivity index (χ2n) is 6.78. The molecule has 0 saturated carbocycles. The molecule has 0 radical (unpaired) electrons. The van der Waals surface area contributed by atoms with Gasteiger partial charge in [-0.05, 0) is 55.2 Å². The second kappa shape index (κ2) is 7.97. The summed E-state index contributed by atoms with van der Waals surface area (Å²) in [6.07, 6.45) is 0.270. The molecule has 2 N–H and O–H groups in total. The molecule has 25 heavy (non-hydrogen) atoms. The van der Waals surface area contributed by atoms with Crippen molar-refractivity contribution in [2.24, 2.45) is 5.92 Å². The molecule has 2 aromatic carbocycles. The summed E-state index contributed by atoms with van der Waals surface area (Å²) in [6, 6.07) is 11.6. The first-order valence-electron chi connectivity index (χ1n) is 8.54. The van der Waals surface area contributed by atoms with Crippen LogP contribution in [0.25, 0.3) is 0 Å². The van der Waals surface area contributed by atoms with Gasteiger partial charge in [0.15, 0.2) is 0 Å². The molecule has 132 valence electrons. The summed E-state index contributed by atoms with van der Waals surface area (Å²) in [4.78, 5) is 24.4. The van der Waals surface area contributed by atoms with E-state index in [1.165, 1.54) is 0 Å². The van der Waals surface area contributed by atoms with Crippen LogP contribution < -0.4 is 10.6 Å². The van der Waals surface area contributed by atoms with Gasteiger partial charge in [0.25, 0.3) is 0 Å². The molecule has 0 aliphatic rings. The van der Waals surface area contributed by atoms with E-state index in [0.29, 0.717) is 0 Å². The van der Waals surface area contributed by atoms with Crippen LogP contribution in [-0.2, 0) is 16.0 Å². The van der Waals surface area contributed by atoms with Crippen molar-refractivity contribution in [3.8, 4) is 0 Å². The Bertz CT molecular complexity index is 794. The molecule has 4 heteroatoms. The van der Waals surface area contributed by atoms with Gasteiger partial charge in [-0.1, -0.05) is 38.1 Å². The molecule has 0 aromatic heterocycles. The molecule has 0 heterocycles. The number of anilines is 2. The maximum atomic E-state index is 12.4. The topological polar surface area (TPSA) is 58.2 Å². The highest BCUT2D eigenvalue weighted by Gasteiger charge is 2.14. The molecule has 0 unspecified atom stereocenters. The highest BCUT2D eigenvalue weighted by Crippen LogP contribution is 2.23. The summed E-state index contributed by atoms with van der Waals surface area (Å²) in [7, 11) is 0. The Hall–Kier alpha value is -2.62. The van der Waals surface area contributed by atoms with Crippen LogP contribution in [0, 0.1) is 26.7 Å². The van der Waals surface area contributed by atoms with E-state index in [1.807, 2.05) is 71.0 Å². The molecule has 2 rings (SSSR count). The molecule has 0 bridgehead atoms. The number of carbonyl (C=O) groups excluding carboxylic acids is 2. The number of rotatable bonds is 5. The maximum Gasteiger partial charge on any atom is 0.228 e. The average Bonchev–Trinajstić information content (AvgIpc) is 2.53. The van der Waals surface area contributed by atoms with Crippen LogP contribution in [-0.4, -0.2) is 11.8 Å². The molecule has 2 aromatic rings. The first-order chi connectivity index (χ1) is 11.8. The molecule has 0 aliphatic carbocycles. The molecular weight excluding hydrogens is 312 g/mol. The standard InChI is InChI=1S/C21H26N2O2/c1-13(2)21(25)23-19-11-14(3)10-17(16(19)5)12-20(24)22-18-9-7-6-8-15(18)4/h6-11,13H,12H2,1-5H3,(H,22,24)(H,23,25). The highest BCUT2D eigenvalue weighted by atomic mass is 16.2. The first kappa shape index (κ1) is 18.7. The van der Waals surface area contributed by atoms with Gasteiger partial charge in [-0.15, -0.1) is 0 Å². The lowest BCUT2D eigenvalue weighted by atomic mass is 9.99. The summed E-state index contributed by atoms with van der Waals surface area (Å²) < 4.78 is 0. The fraction of sp³-hybridized carbons (Fsp3) is 0.333. The number of hydrogen-bond acceptors (Lipinski definition) is 2. The predicted molar refractivity (Wildman–Crippen MR) is 103 cm³/mol. The lowest BCUT2D eigenvalue weighted by molar-refractivity contribution is -0.119. The molecule has 0 saturated heterocycles. The summed E-state index contributed by atoms with van der Waals surface area (Å²) >= 11 is 0. The molecule has 0 aliphatic heterocycles. The van der Waals surface area contributed by atoms with E-state index in [-0.39, 0.29) is 24.2 Å². The summed E-state index contributed by atoms with van der Waals surface area (Å²) in [5, 5.41) is 5.91. The Labute approximate surface area is 149 Å². The Morgan fingerprint density at radius 3 is 2.28 bits per heavy atom. The number of benzene rings is 2. The zero-order valence-corrected chi connectivity index (χ0v) is 15.6. The lowest BCUT2D eigenvalue weighted by Crippen LogP contribution is -2.20. The van der Waals surface area contributed by atoms with Crippen LogP contribution in [0.3, 0.4) is 0 Å². The molecule has 0 fully saturated rings. The van der Waals surface area contributed by atoms with E-state index in [4.69, 9.17) is 0 Å². The van der Waals surface area contributed by atoms with Crippen LogP contribution in [0.15, 0.2) is 36.4 Å². The van der Waals surface area contributed by atoms with Crippen molar-refractivity contribution >= 4 is 23.2 Å². The zero-order valence-electron chi connectivity index (χ0n) is 15.6. The zero-order chi connectivity index (χ0) is 18.6. The number of amides is 2. The number of carbonyl (C=O) groups is 2. The fourth-order valence-electron chi connectivity index (χ4n) is 2.60. The number of para-hydroxylation sites is 1. The van der Waals surface area contributed by atoms with E-state index in [1.54, 1.807) is 0 Å². The minimum Gasteiger partial charge on any atom is -0.326 e. The van der Waals surface area contributed by atoms with Crippen LogP contribution in [0.5, 0.6) is 0 Å². The second-order valence-corrected chi connectivity index (χ2v) is 6.78. The van der Waals surface area contributed by atoms with Crippen molar-refractivity contribution in [1.82, 2.24) is 0 Å². The minimum atomic E-state index is -0.0901. The van der Waals surface area contributed by atoms with E-state index in [0.717, 1.165) is 33.6 Å². The van der Waals surface area contributed by atoms with E-state index >= 15 is 0 Å². The molecule has 4 nitrogen and oxygen atoms in total. The summed E-state index contributed by atoms with van der Waals surface area (Å²) in [5.41, 5.74) is 5.50. The fourth-order valence-corrected chi connectivity index (χ4v) is 2.60. The van der Waals surface area contributed by atoms with Gasteiger partial charge in [0.2, 0.25) is 11.8 Å². The van der Waals surface area contributed by atoms with Crippen molar-refractivity contribution in [2.45, 2.75) is 41.0 Å². The van der Waals surface area contributed by atoms with E-state index in [2.05, 4.69) is 10.6 Å². The Kier molecular flexibility index (Phi) is 5.97. The van der Waals surface area contributed by atoms with Crippen molar-refractivity contribution in [3.05, 3.63) is 58.7 Å². The number of nitrogens with one attached hydrogen (secondary N) is 2. The smallest absolute Gasteiger partial charge is 0.228 e. The van der Waals surface area contributed by atoms with Gasteiger partial charge in [0, 0.05) is 17.3 Å². The minimum absolute atomic E-state index is 0.0241. The van der Waals surface area contributed by atoms with Gasteiger partial charge < -0.3 is 10.6 Å². The number of hydrogen-bond donors (Lipinski definition) is 2. The summed E-state index contributed by atoms with van der Waals surface area (Å²) in [5.74, 6) is -0.180. The Morgan fingerprint density at radius 2 is 1.64 bits per heavy atom. The van der Waals surface area contributed by atoms with Crippen LogP contribution >= 0.6 is 0 Å². The van der Waals surface area contributed by atoms with Crippen molar-refractivity contribution in [3.63, 3.8) is 0 Å². The largest absolute Gasteiger partial charge is 0.326 e. The molecule has 0 atom stereocenters. The van der Waals surface area contributed by atoms with Crippen molar-refractivity contribution < 1.29 is 9.59 Å². The maximum absolute atomic E-state index is 12.4. The SMILES string of the molecule is Cc1cc(CC(=O)Nc2ccccc2C)c(C)c(NC(=O)C(C)C)c1. The summed E-state index contributed by atoms with van der Waals surface area (Å²) in [6.45, 7) is 9.58. The predicted octanol–water partition coefficient (Wildman–Crippen LogP) is 4.39. The molecular formula is C21H26N2O2. The normalized spacial score (nSPS) is 10.6. The van der Waals surface area contributed by atoms with Gasteiger partial charge in [0.1, 0.15) is 0 Å². The first-order valence-corrected chi connectivity index (χ1v) is 8.54. The van der Waals surface area contributed by atoms with Gasteiger partial charge in [0.05, 0.1) is 6.42 Å². The van der Waals surface area contributed by atoms with Crippen LogP contribution in [0.2, 0.25) is 0 Å².